The normalized spacial score (nSPS) is 27.7. The van der Waals surface area contributed by atoms with E-state index in [1.807, 2.05) is 46.4 Å². The van der Waals surface area contributed by atoms with Crippen molar-refractivity contribution in [2.45, 2.75) is 84.1 Å². The average Bonchev–Trinajstić information content (AvgIpc) is 2.75. The van der Waals surface area contributed by atoms with Crippen LogP contribution in [-0.4, -0.2) is 41.2 Å². The number of hydrogen-bond donors (Lipinski definition) is 0. The van der Waals surface area contributed by atoms with Gasteiger partial charge in [-0.15, -0.1) is 0 Å². The highest BCUT2D eigenvalue weighted by molar-refractivity contribution is 6.62. The first-order valence-electron chi connectivity index (χ1n) is 9.52. The minimum Gasteiger partial charge on any atom is -0.399 e. The minimum atomic E-state index is -0.816. The van der Waals surface area contributed by atoms with Gasteiger partial charge in [0.25, 0.3) is 5.91 Å². The molecule has 0 unspecified atom stereocenters. The van der Waals surface area contributed by atoms with Gasteiger partial charge in [-0.3, -0.25) is 4.79 Å². The van der Waals surface area contributed by atoms with Crippen LogP contribution in [0.2, 0.25) is 0 Å². The molecule has 1 aromatic carbocycles. The molecule has 2 atom stereocenters. The summed E-state index contributed by atoms with van der Waals surface area (Å²) in [7, 11) is -0.816. The van der Waals surface area contributed by atoms with Gasteiger partial charge in [-0.25, -0.2) is 4.39 Å². The smallest absolute Gasteiger partial charge is 0.399 e. The Morgan fingerprint density at radius 3 is 2.19 bits per heavy atom. The zero-order chi connectivity index (χ0) is 19.3. The quantitative estimate of drug-likeness (QED) is 0.757. The maximum absolute atomic E-state index is 15.3. The average molecular weight is 361 g/mol. The highest BCUT2D eigenvalue weighted by Gasteiger charge is 2.52. The summed E-state index contributed by atoms with van der Waals surface area (Å²) in [5.74, 6) is -0.790. The number of nitrogens with zero attached hydrogens (tertiary/aromatic N) is 1. The van der Waals surface area contributed by atoms with Crippen molar-refractivity contribution < 1.29 is 18.5 Å². The lowest BCUT2D eigenvalue weighted by atomic mass is 9.77. The first-order chi connectivity index (χ1) is 12.0. The van der Waals surface area contributed by atoms with E-state index < -0.39 is 24.1 Å². The van der Waals surface area contributed by atoms with Crippen molar-refractivity contribution >= 4 is 18.5 Å². The molecule has 6 heteroatoms. The third-order valence-electron chi connectivity index (χ3n) is 6.19. The number of carbonyl (C=O) groups excluding carboxylic acids is 1. The number of rotatable bonds is 2. The summed E-state index contributed by atoms with van der Waals surface area (Å²) in [5, 5.41) is 0. The molecule has 2 aliphatic heterocycles. The molecule has 0 N–H and O–H groups in total. The molecule has 0 radical (unpaired) electrons. The third kappa shape index (κ3) is 3.18. The molecule has 2 aliphatic rings. The van der Waals surface area contributed by atoms with Crippen LogP contribution in [-0.2, 0) is 9.31 Å². The maximum Gasteiger partial charge on any atom is 0.497 e. The van der Waals surface area contributed by atoms with Crippen molar-refractivity contribution in [2.24, 2.45) is 0 Å². The summed E-state index contributed by atoms with van der Waals surface area (Å²) in [4.78, 5) is 14.9. The molecular formula is C20H29BFNO3. The molecule has 1 aromatic rings. The molecule has 0 bridgehead atoms. The molecule has 26 heavy (non-hydrogen) atoms. The van der Waals surface area contributed by atoms with Crippen LogP contribution in [0.15, 0.2) is 18.2 Å². The number of benzene rings is 1. The van der Waals surface area contributed by atoms with E-state index in [0.717, 1.165) is 19.3 Å². The second kappa shape index (κ2) is 6.64. The van der Waals surface area contributed by atoms with Crippen molar-refractivity contribution in [3.8, 4) is 0 Å². The van der Waals surface area contributed by atoms with Crippen LogP contribution >= 0.6 is 0 Å². The number of carbonyl (C=O) groups is 1. The van der Waals surface area contributed by atoms with Crippen LogP contribution in [0.4, 0.5) is 4.39 Å². The van der Waals surface area contributed by atoms with E-state index in [2.05, 4.69) is 0 Å². The Morgan fingerprint density at radius 1 is 1.12 bits per heavy atom. The Balaban J connectivity index is 1.92. The summed E-state index contributed by atoms with van der Waals surface area (Å²) < 4.78 is 27.2. The molecule has 0 spiro atoms. The first-order valence-corrected chi connectivity index (χ1v) is 9.52. The number of piperidine rings is 1. The number of amides is 1. The van der Waals surface area contributed by atoms with E-state index in [1.165, 1.54) is 0 Å². The Morgan fingerprint density at radius 2 is 1.65 bits per heavy atom. The summed E-state index contributed by atoms with van der Waals surface area (Å²) in [5.41, 5.74) is -0.732. The van der Waals surface area contributed by atoms with Gasteiger partial charge in [0.15, 0.2) is 0 Å². The van der Waals surface area contributed by atoms with E-state index in [1.54, 1.807) is 18.2 Å². The standard InChI is InChI=1S/C20H29BFNO3/c1-13-9-7-10-14(2)23(13)18(24)15-11-8-12-16(17(15)22)21-25-19(3,4)20(5,6)26-21/h8,11-14H,7,9-10H2,1-6H3/t13-,14+. The van der Waals surface area contributed by atoms with E-state index in [0.29, 0.717) is 0 Å². The maximum atomic E-state index is 15.3. The van der Waals surface area contributed by atoms with Gasteiger partial charge in [-0.05, 0) is 66.9 Å². The van der Waals surface area contributed by atoms with Crippen LogP contribution in [0, 0.1) is 5.82 Å². The lowest BCUT2D eigenvalue weighted by Gasteiger charge is -2.39. The van der Waals surface area contributed by atoms with Gasteiger partial charge in [0.1, 0.15) is 5.82 Å². The number of likely N-dealkylation sites (tertiary alicyclic amines) is 1. The van der Waals surface area contributed by atoms with E-state index in [-0.39, 0.29) is 29.0 Å². The monoisotopic (exact) mass is 361 g/mol. The lowest BCUT2D eigenvalue weighted by molar-refractivity contribution is 0.00578. The summed E-state index contributed by atoms with van der Waals surface area (Å²) >= 11 is 0. The molecule has 0 aromatic heterocycles. The third-order valence-corrected chi connectivity index (χ3v) is 6.19. The molecule has 142 valence electrons. The SMILES string of the molecule is C[C@@H]1CCC[C@H](C)N1C(=O)c1cccc(B2OC(C)(C)C(C)(C)O2)c1F. The van der Waals surface area contributed by atoms with Crippen molar-refractivity contribution in [3.05, 3.63) is 29.6 Å². The molecule has 2 heterocycles. The Kier molecular flexibility index (Phi) is 4.95. The molecule has 1 amide bonds. The fourth-order valence-electron chi connectivity index (χ4n) is 3.83. The number of hydrogen-bond acceptors (Lipinski definition) is 3. The topological polar surface area (TPSA) is 38.8 Å². The van der Waals surface area contributed by atoms with Crippen molar-refractivity contribution in [1.82, 2.24) is 4.90 Å². The molecule has 0 saturated carbocycles. The van der Waals surface area contributed by atoms with Gasteiger partial charge in [0.2, 0.25) is 0 Å². The van der Waals surface area contributed by atoms with Crippen molar-refractivity contribution in [1.29, 1.82) is 0 Å². The fraction of sp³-hybridized carbons (Fsp3) is 0.650. The zero-order valence-electron chi connectivity index (χ0n) is 16.6. The van der Waals surface area contributed by atoms with Crippen LogP contribution in [0.3, 0.4) is 0 Å². The van der Waals surface area contributed by atoms with Gasteiger partial charge in [-0.1, -0.05) is 12.1 Å². The summed E-state index contributed by atoms with van der Waals surface area (Å²) in [6, 6.07) is 5.13. The zero-order valence-corrected chi connectivity index (χ0v) is 16.6. The highest BCUT2D eigenvalue weighted by Crippen LogP contribution is 2.36. The fourth-order valence-corrected chi connectivity index (χ4v) is 3.83. The molecule has 2 saturated heterocycles. The van der Waals surface area contributed by atoms with E-state index in [4.69, 9.17) is 9.31 Å². The largest absolute Gasteiger partial charge is 0.497 e. The highest BCUT2D eigenvalue weighted by atomic mass is 19.1. The van der Waals surface area contributed by atoms with Crippen LogP contribution in [0.5, 0.6) is 0 Å². The predicted molar refractivity (Wildman–Crippen MR) is 101 cm³/mol. The van der Waals surface area contributed by atoms with Crippen molar-refractivity contribution in [2.75, 3.05) is 0 Å². The first kappa shape index (κ1) is 19.4. The van der Waals surface area contributed by atoms with Gasteiger partial charge in [0, 0.05) is 17.5 Å². The summed E-state index contributed by atoms with van der Waals surface area (Å²) in [6.45, 7) is 11.8. The Hall–Kier alpha value is -1.40. The molecule has 0 aliphatic carbocycles. The van der Waals surface area contributed by atoms with Crippen LogP contribution in [0.1, 0.15) is 71.2 Å². The van der Waals surface area contributed by atoms with Gasteiger partial charge in [0.05, 0.1) is 16.8 Å². The van der Waals surface area contributed by atoms with Gasteiger partial charge >= 0.3 is 7.12 Å². The second-order valence-electron chi connectivity index (χ2n) is 8.64. The van der Waals surface area contributed by atoms with Gasteiger partial charge < -0.3 is 14.2 Å². The Bertz CT molecular complexity index is 680. The lowest BCUT2D eigenvalue weighted by Crippen LogP contribution is -2.48. The van der Waals surface area contributed by atoms with Crippen molar-refractivity contribution in [3.63, 3.8) is 0 Å². The van der Waals surface area contributed by atoms with Crippen LogP contribution in [0.25, 0.3) is 0 Å². The molecule has 3 rings (SSSR count). The van der Waals surface area contributed by atoms with Gasteiger partial charge in [-0.2, -0.15) is 0 Å². The second-order valence-corrected chi connectivity index (χ2v) is 8.64. The van der Waals surface area contributed by atoms with E-state index >= 15 is 4.39 Å². The van der Waals surface area contributed by atoms with Crippen LogP contribution < -0.4 is 5.46 Å². The molecular weight excluding hydrogens is 332 g/mol. The minimum absolute atomic E-state index is 0.0952. The molecule has 4 nitrogen and oxygen atoms in total. The van der Waals surface area contributed by atoms with E-state index in [9.17, 15) is 4.79 Å². The number of halogens is 1. The molecule has 2 fully saturated rings. The predicted octanol–water partition coefficient (Wildman–Crippen LogP) is 3.53. The Labute approximate surface area is 156 Å². The summed E-state index contributed by atoms with van der Waals surface area (Å²) in [6.07, 6.45) is 3.01.